The Morgan fingerprint density at radius 2 is 1.84 bits per heavy atom. The first-order chi connectivity index (χ1) is 15.4. The summed E-state index contributed by atoms with van der Waals surface area (Å²) in [4.78, 5) is 27.4. The number of amides is 2. The van der Waals surface area contributed by atoms with Crippen molar-refractivity contribution >= 4 is 35.0 Å². The number of halogens is 2. The number of fused-ring (bicyclic) bond motifs is 1. The lowest BCUT2D eigenvalue weighted by Gasteiger charge is -2.35. The maximum atomic E-state index is 12.9. The molecule has 0 spiro atoms. The Morgan fingerprint density at radius 1 is 1.12 bits per heavy atom. The second-order valence-electron chi connectivity index (χ2n) is 8.42. The summed E-state index contributed by atoms with van der Waals surface area (Å²) >= 11 is 11.9. The van der Waals surface area contributed by atoms with Crippen molar-refractivity contribution in [3.63, 3.8) is 0 Å². The van der Waals surface area contributed by atoms with Gasteiger partial charge in [0.2, 0.25) is 5.91 Å². The van der Waals surface area contributed by atoms with Gasteiger partial charge in [-0.2, -0.15) is 0 Å². The number of hydrogen-bond acceptors (Lipinski definition) is 4. The van der Waals surface area contributed by atoms with Crippen LogP contribution < -0.4 is 10.1 Å². The van der Waals surface area contributed by atoms with Crippen LogP contribution in [-0.2, 0) is 9.59 Å². The number of carbonyl (C=O) groups is 2. The largest absolute Gasteiger partial charge is 0.480 e. The normalized spacial score (nSPS) is 26.7. The van der Waals surface area contributed by atoms with Crippen molar-refractivity contribution in [2.24, 2.45) is 0 Å². The third-order valence-electron chi connectivity index (χ3n) is 6.35. The van der Waals surface area contributed by atoms with Gasteiger partial charge >= 0.3 is 0 Å². The molecule has 166 valence electrons. The Balaban J connectivity index is 1.19. The van der Waals surface area contributed by atoms with Crippen LogP contribution in [0.4, 0.5) is 0 Å². The number of benzene rings is 2. The van der Waals surface area contributed by atoms with E-state index < -0.39 is 12.2 Å². The number of likely N-dealkylation sites (tertiary alicyclic amines) is 1. The van der Waals surface area contributed by atoms with Gasteiger partial charge in [0, 0.05) is 40.7 Å². The molecule has 0 bridgehead atoms. The number of ether oxygens (including phenoxy) is 1. The van der Waals surface area contributed by atoms with Crippen LogP contribution in [0.25, 0.3) is 0 Å². The van der Waals surface area contributed by atoms with E-state index in [0.29, 0.717) is 34.3 Å². The van der Waals surface area contributed by atoms with Crippen LogP contribution in [0.2, 0.25) is 10.0 Å². The molecule has 0 radical (unpaired) electrons. The van der Waals surface area contributed by atoms with Gasteiger partial charge in [0.25, 0.3) is 5.91 Å². The maximum absolute atomic E-state index is 12.9. The summed E-state index contributed by atoms with van der Waals surface area (Å²) < 4.78 is 5.77. The number of nitrogens with one attached hydrogen (secondary N) is 1. The summed E-state index contributed by atoms with van der Waals surface area (Å²) in [7, 11) is 0. The highest BCUT2D eigenvalue weighted by Gasteiger charge is 2.40. The SMILES string of the molecule is O=C(NC1=CC(N2CC[C@@H](c3ccc(Cl)cc3)C2=O)C1)[C@H]1C[C@@H](O)c2cc(Cl)ccc2O1. The average molecular weight is 473 g/mol. The molecule has 1 aliphatic carbocycles. The minimum Gasteiger partial charge on any atom is -0.480 e. The van der Waals surface area contributed by atoms with Gasteiger partial charge in [-0.1, -0.05) is 35.3 Å². The monoisotopic (exact) mass is 472 g/mol. The minimum atomic E-state index is -0.816. The van der Waals surface area contributed by atoms with Gasteiger partial charge in [-0.05, 0) is 48.4 Å². The first-order valence-corrected chi connectivity index (χ1v) is 11.4. The van der Waals surface area contributed by atoms with Crippen molar-refractivity contribution in [1.29, 1.82) is 0 Å². The molecular formula is C24H22Cl2N2O4. The molecule has 6 nitrogen and oxygen atoms in total. The van der Waals surface area contributed by atoms with Gasteiger partial charge in [-0.3, -0.25) is 9.59 Å². The molecule has 1 fully saturated rings. The first-order valence-electron chi connectivity index (χ1n) is 10.6. The van der Waals surface area contributed by atoms with Gasteiger partial charge in [0.15, 0.2) is 6.10 Å². The number of aliphatic hydroxyl groups excluding tert-OH is 1. The first kappa shape index (κ1) is 21.3. The summed E-state index contributed by atoms with van der Waals surface area (Å²) in [6.07, 6.45) is 1.82. The smallest absolute Gasteiger partial charge is 0.265 e. The highest BCUT2D eigenvalue weighted by molar-refractivity contribution is 6.30. The zero-order valence-electron chi connectivity index (χ0n) is 17.1. The van der Waals surface area contributed by atoms with Crippen LogP contribution in [0.3, 0.4) is 0 Å². The van der Waals surface area contributed by atoms with Gasteiger partial charge < -0.3 is 20.1 Å². The van der Waals surface area contributed by atoms with E-state index in [1.807, 2.05) is 23.1 Å². The van der Waals surface area contributed by atoms with E-state index in [1.165, 1.54) is 0 Å². The second kappa shape index (κ2) is 8.43. The zero-order valence-corrected chi connectivity index (χ0v) is 18.6. The Morgan fingerprint density at radius 3 is 2.59 bits per heavy atom. The van der Waals surface area contributed by atoms with Crippen LogP contribution >= 0.6 is 23.2 Å². The predicted octanol–water partition coefficient (Wildman–Crippen LogP) is 3.97. The van der Waals surface area contributed by atoms with Crippen LogP contribution in [0, 0.1) is 0 Å². The molecule has 0 saturated carbocycles. The zero-order chi connectivity index (χ0) is 22.4. The third-order valence-corrected chi connectivity index (χ3v) is 6.84. The summed E-state index contributed by atoms with van der Waals surface area (Å²) in [5, 5.41) is 14.4. The standard InChI is InChI=1S/C24H22Cl2N2O4/c25-14-3-1-13(2-4-14)18-7-8-28(24(18)31)17-10-16(11-17)27-23(30)22-12-20(29)19-9-15(26)5-6-21(19)32-22/h1-6,9-10,17-18,20,22,29H,7-8,11-12H2,(H,27,30)/t17?,18-,20+,22+/m0/s1. The quantitative estimate of drug-likeness (QED) is 0.705. The van der Waals surface area contributed by atoms with E-state index in [0.717, 1.165) is 17.7 Å². The van der Waals surface area contributed by atoms with Gasteiger partial charge in [0.05, 0.1) is 18.1 Å². The summed E-state index contributed by atoms with van der Waals surface area (Å²) in [5.74, 6) is 0.115. The highest BCUT2D eigenvalue weighted by Crippen LogP contribution is 2.37. The van der Waals surface area contributed by atoms with Gasteiger partial charge in [-0.15, -0.1) is 0 Å². The van der Waals surface area contributed by atoms with Crippen molar-refractivity contribution in [2.45, 2.75) is 43.4 Å². The van der Waals surface area contributed by atoms with Crippen LogP contribution in [0.5, 0.6) is 5.75 Å². The lowest BCUT2D eigenvalue weighted by Crippen LogP contribution is -2.47. The van der Waals surface area contributed by atoms with Crippen molar-refractivity contribution in [2.75, 3.05) is 6.54 Å². The molecule has 2 aromatic carbocycles. The number of aliphatic hydroxyl groups is 1. The molecule has 1 unspecified atom stereocenters. The molecule has 2 aromatic rings. The lowest BCUT2D eigenvalue weighted by molar-refractivity contribution is -0.130. The molecular weight excluding hydrogens is 451 g/mol. The molecule has 2 aliphatic heterocycles. The molecule has 2 heterocycles. The molecule has 1 saturated heterocycles. The molecule has 8 heteroatoms. The molecule has 4 atom stereocenters. The van der Waals surface area contributed by atoms with Gasteiger partial charge in [0.1, 0.15) is 5.75 Å². The van der Waals surface area contributed by atoms with Crippen LogP contribution in [0.15, 0.2) is 54.2 Å². The Labute approximate surface area is 195 Å². The molecule has 0 aromatic heterocycles. The highest BCUT2D eigenvalue weighted by atomic mass is 35.5. The maximum Gasteiger partial charge on any atom is 0.265 e. The minimum absolute atomic E-state index is 0.0177. The van der Waals surface area contributed by atoms with Crippen molar-refractivity contribution in [3.05, 3.63) is 75.4 Å². The molecule has 2 amide bonds. The van der Waals surface area contributed by atoms with E-state index in [1.54, 1.807) is 30.3 Å². The molecule has 5 rings (SSSR count). The molecule has 3 aliphatic rings. The van der Waals surface area contributed by atoms with E-state index >= 15 is 0 Å². The van der Waals surface area contributed by atoms with Crippen LogP contribution in [-0.4, -0.2) is 40.5 Å². The number of nitrogens with zero attached hydrogens (tertiary/aromatic N) is 1. The average Bonchev–Trinajstić information content (AvgIpc) is 3.12. The van der Waals surface area contributed by atoms with E-state index in [9.17, 15) is 14.7 Å². The van der Waals surface area contributed by atoms with E-state index in [4.69, 9.17) is 27.9 Å². The number of hydrogen-bond donors (Lipinski definition) is 2. The van der Waals surface area contributed by atoms with Gasteiger partial charge in [-0.25, -0.2) is 0 Å². The Hall–Kier alpha value is -2.54. The van der Waals surface area contributed by atoms with Crippen molar-refractivity contribution in [1.82, 2.24) is 10.2 Å². The fourth-order valence-corrected chi connectivity index (χ4v) is 4.88. The Kier molecular flexibility index (Phi) is 5.61. The van der Waals surface area contributed by atoms with Crippen LogP contribution in [0.1, 0.15) is 42.4 Å². The summed E-state index contributed by atoms with van der Waals surface area (Å²) in [6, 6.07) is 12.4. The predicted molar refractivity (Wildman–Crippen MR) is 121 cm³/mol. The number of rotatable bonds is 4. The molecule has 2 N–H and O–H groups in total. The fraction of sp³-hybridized carbons (Fsp3) is 0.333. The third kappa shape index (κ3) is 3.98. The summed E-state index contributed by atoms with van der Waals surface area (Å²) in [5.41, 5.74) is 2.34. The van der Waals surface area contributed by atoms with Crippen molar-refractivity contribution in [3.8, 4) is 5.75 Å². The van der Waals surface area contributed by atoms with Crippen molar-refractivity contribution < 1.29 is 19.4 Å². The summed E-state index contributed by atoms with van der Waals surface area (Å²) in [6.45, 7) is 0.686. The fourth-order valence-electron chi connectivity index (χ4n) is 4.57. The molecule has 32 heavy (non-hydrogen) atoms. The topological polar surface area (TPSA) is 78.9 Å². The van der Waals surface area contributed by atoms with E-state index in [2.05, 4.69) is 5.32 Å². The lowest BCUT2D eigenvalue weighted by atomic mass is 9.95. The second-order valence-corrected chi connectivity index (χ2v) is 9.29. The van der Waals surface area contributed by atoms with E-state index in [-0.39, 0.29) is 30.2 Å². The number of carbonyl (C=O) groups excluding carboxylic acids is 2. The Bertz CT molecular complexity index is 1100.